The molecule has 0 radical (unpaired) electrons. The lowest BCUT2D eigenvalue weighted by Crippen LogP contribution is -2.55. The number of rotatable bonds is 13. The van der Waals surface area contributed by atoms with Gasteiger partial charge in [0.15, 0.2) is 0 Å². The Bertz CT molecular complexity index is 1460. The third-order valence-corrected chi connectivity index (χ3v) is 9.20. The second kappa shape index (κ2) is 14.5. The lowest BCUT2D eigenvalue weighted by molar-refractivity contribution is -0.140. The summed E-state index contributed by atoms with van der Waals surface area (Å²) in [7, 11) is -1.16. The first-order chi connectivity index (χ1) is 19.8. The molecule has 2 atom stereocenters. The standard InChI is InChI=1S/C33H44N4O4S/c1-8-27(5)34-33(39)31(21-28-12-10-9-11-13-28)36(22-29-18-15-24(2)16-19-29)32(38)23-37(42(40,41)35(6)7)30-20-25(3)14-17-26(30)4/h9-20,27,31H,8,21-23H2,1-7H3,(H,34,39). The molecule has 8 nitrogen and oxygen atoms in total. The second-order valence-corrected chi connectivity index (χ2v) is 13.2. The third-order valence-electron chi connectivity index (χ3n) is 7.40. The van der Waals surface area contributed by atoms with Gasteiger partial charge in [-0.05, 0) is 62.4 Å². The molecule has 0 saturated carbocycles. The summed E-state index contributed by atoms with van der Waals surface area (Å²) in [6.07, 6.45) is 1.02. The van der Waals surface area contributed by atoms with Crippen LogP contribution in [0.3, 0.4) is 0 Å². The van der Waals surface area contributed by atoms with Crippen LogP contribution in [0.5, 0.6) is 0 Å². The fourth-order valence-corrected chi connectivity index (χ4v) is 5.69. The normalized spacial score (nSPS) is 13.0. The van der Waals surface area contributed by atoms with E-state index in [0.29, 0.717) is 5.69 Å². The molecule has 42 heavy (non-hydrogen) atoms. The fraction of sp³-hybridized carbons (Fsp3) is 0.394. The summed E-state index contributed by atoms with van der Waals surface area (Å²) in [6.45, 7) is 9.28. The molecule has 0 fully saturated rings. The molecule has 2 amide bonds. The van der Waals surface area contributed by atoms with Gasteiger partial charge in [0.05, 0.1) is 5.69 Å². The Morgan fingerprint density at radius 2 is 1.48 bits per heavy atom. The summed E-state index contributed by atoms with van der Waals surface area (Å²) in [5, 5.41) is 3.06. The van der Waals surface area contributed by atoms with Crippen molar-refractivity contribution in [1.29, 1.82) is 0 Å². The number of hydrogen-bond donors (Lipinski definition) is 1. The average molecular weight is 593 g/mol. The van der Waals surface area contributed by atoms with Crippen LogP contribution < -0.4 is 9.62 Å². The molecule has 9 heteroatoms. The van der Waals surface area contributed by atoms with Crippen LogP contribution in [0.25, 0.3) is 0 Å². The van der Waals surface area contributed by atoms with Crippen molar-refractivity contribution in [3.8, 4) is 0 Å². The zero-order valence-corrected chi connectivity index (χ0v) is 26.6. The van der Waals surface area contributed by atoms with Crippen LogP contribution in [-0.4, -0.2) is 62.2 Å². The van der Waals surface area contributed by atoms with Gasteiger partial charge in [0.2, 0.25) is 11.8 Å². The van der Waals surface area contributed by atoms with Crippen LogP contribution in [0.1, 0.15) is 48.1 Å². The molecule has 2 unspecified atom stereocenters. The van der Waals surface area contributed by atoms with E-state index in [1.165, 1.54) is 19.0 Å². The lowest BCUT2D eigenvalue weighted by atomic mass is 10.0. The molecule has 226 valence electrons. The van der Waals surface area contributed by atoms with Gasteiger partial charge in [-0.25, -0.2) is 4.31 Å². The molecule has 3 aromatic rings. The van der Waals surface area contributed by atoms with Crippen molar-refractivity contribution >= 4 is 27.7 Å². The molecular weight excluding hydrogens is 548 g/mol. The van der Waals surface area contributed by atoms with Crippen LogP contribution >= 0.6 is 0 Å². The molecule has 0 aliphatic carbocycles. The average Bonchev–Trinajstić information content (AvgIpc) is 2.96. The lowest BCUT2D eigenvalue weighted by Gasteiger charge is -2.35. The van der Waals surface area contributed by atoms with Gasteiger partial charge >= 0.3 is 10.2 Å². The van der Waals surface area contributed by atoms with Crippen molar-refractivity contribution in [3.63, 3.8) is 0 Å². The van der Waals surface area contributed by atoms with Gasteiger partial charge in [-0.1, -0.05) is 79.2 Å². The number of nitrogens with one attached hydrogen (secondary N) is 1. The van der Waals surface area contributed by atoms with E-state index < -0.39 is 28.7 Å². The SMILES string of the molecule is CCC(C)NC(=O)C(Cc1ccccc1)N(Cc1ccc(C)cc1)C(=O)CN(c1cc(C)ccc1C)S(=O)(=O)N(C)C. The maximum Gasteiger partial charge on any atom is 0.304 e. The molecule has 0 spiro atoms. The molecule has 3 aromatic carbocycles. The largest absolute Gasteiger partial charge is 0.352 e. The van der Waals surface area contributed by atoms with Crippen molar-refractivity contribution in [1.82, 2.24) is 14.5 Å². The van der Waals surface area contributed by atoms with Crippen molar-refractivity contribution in [3.05, 3.63) is 101 Å². The molecule has 0 aliphatic rings. The summed E-state index contributed by atoms with van der Waals surface area (Å²) in [4.78, 5) is 29.7. The summed E-state index contributed by atoms with van der Waals surface area (Å²) < 4.78 is 29.5. The Labute approximate surface area is 251 Å². The van der Waals surface area contributed by atoms with Crippen LogP contribution in [-0.2, 0) is 32.8 Å². The van der Waals surface area contributed by atoms with E-state index in [2.05, 4.69) is 5.32 Å². The molecule has 0 heterocycles. The maximum absolute atomic E-state index is 14.4. The number of nitrogens with zero attached hydrogens (tertiary/aromatic N) is 3. The predicted octanol–water partition coefficient (Wildman–Crippen LogP) is 4.78. The summed E-state index contributed by atoms with van der Waals surface area (Å²) in [6, 6.07) is 21.9. The van der Waals surface area contributed by atoms with E-state index in [0.717, 1.165) is 42.8 Å². The fourth-order valence-electron chi connectivity index (χ4n) is 4.58. The number of carbonyl (C=O) groups is 2. The van der Waals surface area contributed by atoms with Gasteiger partial charge in [-0.15, -0.1) is 0 Å². The smallest absolute Gasteiger partial charge is 0.304 e. The van der Waals surface area contributed by atoms with Gasteiger partial charge in [0, 0.05) is 33.1 Å². The molecule has 0 aliphatic heterocycles. The number of benzene rings is 3. The van der Waals surface area contributed by atoms with Gasteiger partial charge < -0.3 is 10.2 Å². The Hall–Kier alpha value is -3.69. The Kier molecular flexibility index (Phi) is 11.3. The van der Waals surface area contributed by atoms with Gasteiger partial charge in [-0.2, -0.15) is 12.7 Å². The van der Waals surface area contributed by atoms with E-state index in [9.17, 15) is 18.0 Å². The summed E-state index contributed by atoms with van der Waals surface area (Å²) in [5.41, 5.74) is 4.83. The number of hydrogen-bond acceptors (Lipinski definition) is 4. The zero-order chi connectivity index (χ0) is 31.0. The quantitative estimate of drug-likeness (QED) is 0.309. The van der Waals surface area contributed by atoms with Crippen LogP contribution in [0.4, 0.5) is 5.69 Å². The highest BCUT2D eigenvalue weighted by Gasteiger charge is 2.35. The minimum atomic E-state index is -4.05. The highest BCUT2D eigenvalue weighted by atomic mass is 32.2. The van der Waals surface area contributed by atoms with Gasteiger partial charge in [-0.3, -0.25) is 9.59 Å². The number of carbonyl (C=O) groups excluding carboxylic acids is 2. The van der Waals surface area contributed by atoms with E-state index in [1.807, 2.05) is 101 Å². The summed E-state index contributed by atoms with van der Waals surface area (Å²) >= 11 is 0. The van der Waals surface area contributed by atoms with Crippen molar-refractivity contribution < 1.29 is 18.0 Å². The van der Waals surface area contributed by atoms with Crippen molar-refractivity contribution in [2.24, 2.45) is 0 Å². The van der Waals surface area contributed by atoms with E-state index in [1.54, 1.807) is 6.07 Å². The monoisotopic (exact) mass is 592 g/mol. The number of amides is 2. The minimum Gasteiger partial charge on any atom is -0.352 e. The van der Waals surface area contributed by atoms with Gasteiger partial charge in [0.1, 0.15) is 12.6 Å². The maximum atomic E-state index is 14.4. The van der Waals surface area contributed by atoms with E-state index in [4.69, 9.17) is 0 Å². The zero-order valence-electron chi connectivity index (χ0n) is 25.8. The first-order valence-electron chi connectivity index (χ1n) is 14.3. The second-order valence-electron chi connectivity index (χ2n) is 11.1. The first-order valence-corrected chi connectivity index (χ1v) is 15.7. The van der Waals surface area contributed by atoms with E-state index >= 15 is 0 Å². The van der Waals surface area contributed by atoms with Crippen molar-refractivity contribution in [2.45, 2.75) is 66.1 Å². The van der Waals surface area contributed by atoms with Crippen LogP contribution in [0, 0.1) is 20.8 Å². The third kappa shape index (κ3) is 8.42. The molecule has 3 rings (SSSR count). The first kappa shape index (κ1) is 32.8. The predicted molar refractivity (Wildman–Crippen MR) is 169 cm³/mol. The number of aryl methyl sites for hydroxylation is 3. The van der Waals surface area contributed by atoms with Crippen LogP contribution in [0.15, 0.2) is 72.8 Å². The van der Waals surface area contributed by atoms with Crippen molar-refractivity contribution in [2.75, 3.05) is 24.9 Å². The highest BCUT2D eigenvalue weighted by Crippen LogP contribution is 2.26. The molecular formula is C33H44N4O4S. The minimum absolute atomic E-state index is 0.0901. The highest BCUT2D eigenvalue weighted by molar-refractivity contribution is 7.90. The Morgan fingerprint density at radius 3 is 2.07 bits per heavy atom. The molecule has 1 N–H and O–H groups in total. The van der Waals surface area contributed by atoms with E-state index in [-0.39, 0.29) is 24.9 Å². The van der Waals surface area contributed by atoms with Crippen LogP contribution in [0.2, 0.25) is 0 Å². The van der Waals surface area contributed by atoms with Gasteiger partial charge in [0.25, 0.3) is 0 Å². The molecule has 0 saturated heterocycles. The Balaban J connectivity index is 2.13. The Morgan fingerprint density at radius 1 is 0.857 bits per heavy atom. The molecule has 0 bridgehead atoms. The summed E-state index contributed by atoms with van der Waals surface area (Å²) in [5.74, 6) is -0.746. The number of anilines is 1. The molecule has 0 aromatic heterocycles. The topological polar surface area (TPSA) is 90.0 Å².